The van der Waals surface area contributed by atoms with E-state index in [2.05, 4.69) is 0 Å². The van der Waals surface area contributed by atoms with Gasteiger partial charge in [-0.3, -0.25) is 0 Å². The lowest BCUT2D eigenvalue weighted by molar-refractivity contribution is -0.139. The highest BCUT2D eigenvalue weighted by atomic mass is 32.2. The Morgan fingerprint density at radius 2 is 0.757 bits per heavy atom. The van der Waals surface area contributed by atoms with Crippen LogP contribution in [0.4, 0.5) is 125 Å². The van der Waals surface area contributed by atoms with E-state index < -0.39 is 77.1 Å². The molecule has 0 unspecified atom stereocenters. The largest absolute Gasteiger partial charge is 0.419 e. The molecule has 0 atom stereocenters. The van der Waals surface area contributed by atoms with Gasteiger partial charge in [0.05, 0.1) is 16.9 Å². The van der Waals surface area contributed by atoms with Gasteiger partial charge in [0, 0.05) is 66.7 Å². The summed E-state index contributed by atoms with van der Waals surface area (Å²) in [5.41, 5.74) is 7.14. The second kappa shape index (κ2) is 24.6. The number of benzene rings is 14. The molecule has 14 aromatic rings. The summed E-state index contributed by atoms with van der Waals surface area (Å²) in [6, 6.07) is 83.9. The topological polar surface area (TPSA) is 16.2 Å². The molecular formula is C86H52B2F9N5S. The number of fused-ring (bicyclic) bond motifs is 8. The summed E-state index contributed by atoms with van der Waals surface area (Å²) >= 11 is 0.907. The quantitative estimate of drug-likeness (QED) is 0.0941. The Kier molecular flexibility index (Phi) is 15.1. The first-order chi connectivity index (χ1) is 50.2. The number of hydrogen-bond donors (Lipinski definition) is 0. The highest BCUT2D eigenvalue weighted by Crippen LogP contribution is 2.56. The van der Waals surface area contributed by atoms with E-state index in [1.807, 2.05) is 139 Å². The van der Waals surface area contributed by atoms with Crippen molar-refractivity contribution in [3.05, 3.63) is 343 Å². The molecule has 0 radical (unpaired) electrons. The first-order valence-electron chi connectivity index (χ1n) is 33.4. The minimum atomic E-state index is -5.20. The van der Waals surface area contributed by atoms with Gasteiger partial charge in [-0.25, -0.2) is 26.3 Å². The van der Waals surface area contributed by atoms with E-state index >= 15 is 39.5 Å². The van der Waals surface area contributed by atoms with E-state index in [0.717, 1.165) is 63.8 Å². The Morgan fingerprint density at radius 3 is 1.32 bits per heavy atom. The third-order valence-electron chi connectivity index (χ3n) is 19.9. The van der Waals surface area contributed by atoms with Gasteiger partial charge >= 0.3 is 6.18 Å². The molecular weight excluding hydrogens is 1330 g/mol. The lowest BCUT2D eigenvalue weighted by Crippen LogP contribution is -2.65. The van der Waals surface area contributed by atoms with Crippen molar-refractivity contribution in [3.8, 4) is 22.3 Å². The second-order valence-electron chi connectivity index (χ2n) is 25.9. The average molecular weight is 1380 g/mol. The summed E-state index contributed by atoms with van der Waals surface area (Å²) in [5, 5.41) is 0. The van der Waals surface area contributed by atoms with E-state index in [9.17, 15) is 0 Å². The number of aryl methyl sites for hydroxylation is 1. The predicted molar refractivity (Wildman–Crippen MR) is 400 cm³/mol. The summed E-state index contributed by atoms with van der Waals surface area (Å²) in [6.45, 7) is -0.369. The minimum Gasteiger partial charge on any atom is -0.311 e. The molecule has 14 aromatic carbocycles. The Bertz CT molecular complexity index is 5690. The molecule has 18 rings (SSSR count). The van der Waals surface area contributed by atoms with E-state index in [1.165, 1.54) is 45.0 Å². The van der Waals surface area contributed by atoms with Crippen LogP contribution in [0.2, 0.25) is 0 Å². The van der Waals surface area contributed by atoms with Crippen LogP contribution in [0.3, 0.4) is 0 Å². The molecule has 0 saturated heterocycles. The molecule has 0 amide bonds. The summed E-state index contributed by atoms with van der Waals surface area (Å²) in [5.74, 6) is -5.63. The Hall–Kier alpha value is -12.1. The standard InChI is InChI=1S/C86H52B2F9N5S/c1-51-37-41-58(42-38-51)100-74-46-60(99(56-24-9-4-10-25-56)82-66(89)29-16-30-67(82)90)47-75-79(74)87(62-27-11-13-35-72(62)101(75)83-68(91)31-17-32-69(83)92)64-50-65-85(78(81(64)100)86(95,96)97)103-77-49-61(48-76-80(77)88(65)63-28-12-14-36-73(63)102(76)84-70(93)33-18-34-71(84)94)98(57-43-39-54(40-44-57)52-19-5-2-6-20-52)59-26-15-23-55(45-59)53-21-7-3-8-22-53/h2-50H,1H3. The van der Waals surface area contributed by atoms with Crippen molar-refractivity contribution in [1.82, 2.24) is 0 Å². The van der Waals surface area contributed by atoms with Gasteiger partial charge in [0.1, 0.15) is 52.0 Å². The van der Waals surface area contributed by atoms with E-state index in [0.29, 0.717) is 55.2 Å². The number of halogens is 9. The van der Waals surface area contributed by atoms with E-state index in [1.54, 1.807) is 120 Å². The van der Waals surface area contributed by atoms with Gasteiger partial charge in [0.15, 0.2) is 0 Å². The van der Waals surface area contributed by atoms with Crippen LogP contribution in [0.1, 0.15) is 11.1 Å². The minimum absolute atomic E-state index is 0.0301. The van der Waals surface area contributed by atoms with Gasteiger partial charge in [0.2, 0.25) is 6.71 Å². The number of alkyl halides is 3. The second-order valence-corrected chi connectivity index (χ2v) is 26.9. The van der Waals surface area contributed by atoms with E-state index in [4.69, 9.17) is 0 Å². The SMILES string of the molecule is Cc1ccc(N2c3cc(N(c4ccccc4)c4c(F)cccc4F)cc4c3B(c3ccccc3N4c3c(F)cccc3F)c3cc4c(c(C(F)(F)F)c32)Sc2cc(N(c3ccc(-c5ccccc5)cc3)c3cccc(-c5ccccc5)c3)cc3c2B4c2ccccc2N3c2c(F)cccc2F)cc1. The zero-order valence-electron chi connectivity index (χ0n) is 54.5. The van der Waals surface area contributed by atoms with Crippen LogP contribution in [0.5, 0.6) is 0 Å². The number of anilines is 15. The molecule has 103 heavy (non-hydrogen) atoms. The summed E-state index contributed by atoms with van der Waals surface area (Å²) in [7, 11) is 0. The molecule has 4 heterocycles. The normalized spacial score (nSPS) is 13.0. The van der Waals surface area contributed by atoms with Gasteiger partial charge in [-0.1, -0.05) is 199 Å². The number of hydrogen-bond acceptors (Lipinski definition) is 6. The van der Waals surface area contributed by atoms with Crippen molar-refractivity contribution in [3.63, 3.8) is 0 Å². The molecule has 4 aliphatic rings. The summed E-state index contributed by atoms with van der Waals surface area (Å²) in [4.78, 5) is 8.00. The van der Waals surface area contributed by atoms with Crippen LogP contribution in [-0.4, -0.2) is 13.4 Å². The van der Waals surface area contributed by atoms with Crippen molar-refractivity contribution in [1.29, 1.82) is 0 Å². The molecule has 0 bridgehead atoms. The molecule has 0 N–H and O–H groups in total. The van der Waals surface area contributed by atoms with Crippen LogP contribution in [0, 0.1) is 41.8 Å². The van der Waals surface area contributed by atoms with Crippen molar-refractivity contribution >= 4 is 143 Å². The molecule has 496 valence electrons. The first kappa shape index (κ1) is 63.1. The van der Waals surface area contributed by atoms with Crippen molar-refractivity contribution in [2.75, 3.05) is 24.5 Å². The molecule has 5 nitrogen and oxygen atoms in total. The Balaban J connectivity index is 0.953. The van der Waals surface area contributed by atoms with Crippen molar-refractivity contribution < 1.29 is 39.5 Å². The fraction of sp³-hybridized carbons (Fsp3) is 0.0233. The van der Waals surface area contributed by atoms with Gasteiger partial charge < -0.3 is 24.5 Å². The molecule has 0 spiro atoms. The highest BCUT2D eigenvalue weighted by Gasteiger charge is 2.53. The van der Waals surface area contributed by atoms with Gasteiger partial charge in [-0.05, 0) is 178 Å². The van der Waals surface area contributed by atoms with Crippen molar-refractivity contribution in [2.45, 2.75) is 22.9 Å². The van der Waals surface area contributed by atoms with Gasteiger partial charge in [0.25, 0.3) is 6.71 Å². The Labute approximate surface area is 592 Å². The van der Waals surface area contributed by atoms with Crippen LogP contribution in [0.15, 0.2) is 307 Å². The molecule has 0 aliphatic carbocycles. The molecule has 0 aromatic heterocycles. The lowest BCUT2D eigenvalue weighted by atomic mass is 9.30. The zero-order chi connectivity index (χ0) is 70.1. The van der Waals surface area contributed by atoms with Crippen LogP contribution >= 0.6 is 11.8 Å². The molecule has 17 heteroatoms. The van der Waals surface area contributed by atoms with E-state index in [-0.39, 0.29) is 55.6 Å². The fourth-order valence-corrected chi connectivity index (χ4v) is 17.0. The molecule has 0 fully saturated rings. The molecule has 0 saturated carbocycles. The molecule has 4 aliphatic heterocycles. The summed E-state index contributed by atoms with van der Waals surface area (Å²) < 4.78 is 157. The van der Waals surface area contributed by atoms with Gasteiger partial charge in [-0.15, -0.1) is 0 Å². The maximum atomic E-state index is 18.3. The maximum absolute atomic E-state index is 18.3. The van der Waals surface area contributed by atoms with Crippen LogP contribution in [0.25, 0.3) is 22.3 Å². The van der Waals surface area contributed by atoms with Crippen LogP contribution in [-0.2, 0) is 6.18 Å². The number of nitrogens with zero attached hydrogens (tertiary/aromatic N) is 5. The third-order valence-corrected chi connectivity index (χ3v) is 21.1. The van der Waals surface area contributed by atoms with Crippen LogP contribution < -0.4 is 57.3 Å². The number of para-hydroxylation sites is 6. The van der Waals surface area contributed by atoms with Crippen molar-refractivity contribution in [2.24, 2.45) is 0 Å². The number of rotatable bonds is 11. The predicted octanol–water partition coefficient (Wildman–Crippen LogP) is 21.0. The smallest absolute Gasteiger partial charge is 0.311 e. The fourth-order valence-electron chi connectivity index (χ4n) is 15.6. The lowest BCUT2D eigenvalue weighted by Gasteiger charge is -2.47. The summed E-state index contributed by atoms with van der Waals surface area (Å²) in [6.07, 6.45) is -5.20. The monoisotopic (exact) mass is 1380 g/mol. The Morgan fingerprint density at radius 1 is 0.320 bits per heavy atom. The first-order valence-corrected chi connectivity index (χ1v) is 34.2. The highest BCUT2D eigenvalue weighted by molar-refractivity contribution is 8.00. The third kappa shape index (κ3) is 10.3. The zero-order valence-corrected chi connectivity index (χ0v) is 55.3. The van der Waals surface area contributed by atoms with Gasteiger partial charge in [-0.2, -0.15) is 13.2 Å². The average Bonchev–Trinajstić information content (AvgIpc) is 0.678. The maximum Gasteiger partial charge on any atom is 0.419 e.